The van der Waals surface area contributed by atoms with E-state index in [1.807, 2.05) is 31.2 Å². The van der Waals surface area contributed by atoms with Crippen molar-refractivity contribution in [2.75, 3.05) is 12.4 Å². The first-order valence-electron chi connectivity index (χ1n) is 6.38. The summed E-state index contributed by atoms with van der Waals surface area (Å²) in [6, 6.07) is 9.25. The van der Waals surface area contributed by atoms with Crippen LogP contribution in [-0.2, 0) is 6.54 Å². The van der Waals surface area contributed by atoms with Gasteiger partial charge in [-0.25, -0.2) is 9.78 Å². The first kappa shape index (κ1) is 15.6. The molecule has 2 rings (SSSR count). The van der Waals surface area contributed by atoms with E-state index in [2.05, 4.69) is 38.2 Å². The Morgan fingerprint density at radius 2 is 2.14 bits per heavy atom. The summed E-state index contributed by atoms with van der Waals surface area (Å²) in [5, 5.41) is 5.64. The molecule has 0 aliphatic carbocycles. The summed E-state index contributed by atoms with van der Waals surface area (Å²) >= 11 is 2.24. The molecule has 1 aromatic carbocycles. The number of pyridine rings is 1. The zero-order valence-corrected chi connectivity index (χ0v) is 14.0. The number of anilines is 1. The number of aromatic nitrogens is 1. The maximum atomic E-state index is 11.9. The van der Waals surface area contributed by atoms with Crippen molar-refractivity contribution in [3.63, 3.8) is 0 Å². The van der Waals surface area contributed by atoms with E-state index in [1.54, 1.807) is 19.4 Å². The quantitative estimate of drug-likeness (QED) is 0.779. The molecule has 0 spiro atoms. The number of carbonyl (C=O) groups is 1. The van der Waals surface area contributed by atoms with Gasteiger partial charge in [0.25, 0.3) is 0 Å². The molecule has 0 unspecified atom stereocenters. The Kier molecular flexibility index (Phi) is 5.38. The average Bonchev–Trinajstić information content (AvgIpc) is 2.48. The molecule has 0 fully saturated rings. The van der Waals surface area contributed by atoms with Crippen LogP contribution < -0.4 is 15.4 Å². The van der Waals surface area contributed by atoms with Gasteiger partial charge in [-0.05, 0) is 64.9 Å². The molecule has 2 aromatic rings. The molecule has 0 aliphatic heterocycles. The number of nitrogens with one attached hydrogen (secondary N) is 2. The molecule has 2 N–H and O–H groups in total. The maximum absolute atomic E-state index is 11.9. The SMILES string of the molecule is COc1cc(CNC(=O)Nc2ccc(I)cc2C)ccn1. The monoisotopic (exact) mass is 397 g/mol. The van der Waals surface area contributed by atoms with E-state index in [0.717, 1.165) is 20.4 Å². The number of aryl methyl sites for hydroxylation is 1. The van der Waals surface area contributed by atoms with E-state index in [0.29, 0.717) is 12.4 Å². The summed E-state index contributed by atoms with van der Waals surface area (Å²) in [5.41, 5.74) is 2.76. The summed E-state index contributed by atoms with van der Waals surface area (Å²) in [5.74, 6) is 0.531. The number of hydrogen-bond acceptors (Lipinski definition) is 3. The lowest BCUT2D eigenvalue weighted by Crippen LogP contribution is -2.28. The highest BCUT2D eigenvalue weighted by Gasteiger charge is 2.05. The Morgan fingerprint density at radius 3 is 2.86 bits per heavy atom. The van der Waals surface area contributed by atoms with Gasteiger partial charge in [0.15, 0.2) is 0 Å². The summed E-state index contributed by atoms with van der Waals surface area (Å²) in [7, 11) is 1.56. The van der Waals surface area contributed by atoms with Gasteiger partial charge in [0, 0.05) is 28.1 Å². The molecule has 0 radical (unpaired) electrons. The minimum absolute atomic E-state index is 0.241. The molecular weight excluding hydrogens is 381 g/mol. The fraction of sp³-hybridized carbons (Fsp3) is 0.200. The van der Waals surface area contributed by atoms with Gasteiger partial charge in [0.1, 0.15) is 0 Å². The van der Waals surface area contributed by atoms with E-state index in [-0.39, 0.29) is 6.03 Å². The van der Waals surface area contributed by atoms with Crippen molar-refractivity contribution >= 4 is 34.3 Å². The summed E-state index contributed by atoms with van der Waals surface area (Å²) < 4.78 is 6.18. The summed E-state index contributed by atoms with van der Waals surface area (Å²) in [6.45, 7) is 2.37. The lowest BCUT2D eigenvalue weighted by molar-refractivity contribution is 0.251. The van der Waals surface area contributed by atoms with Crippen LogP contribution in [-0.4, -0.2) is 18.1 Å². The molecular formula is C15H16IN3O2. The van der Waals surface area contributed by atoms with Gasteiger partial charge in [-0.1, -0.05) is 0 Å². The minimum atomic E-state index is -0.241. The highest BCUT2D eigenvalue weighted by Crippen LogP contribution is 2.17. The van der Waals surface area contributed by atoms with Crippen molar-refractivity contribution < 1.29 is 9.53 Å². The van der Waals surface area contributed by atoms with Gasteiger partial charge in [-0.15, -0.1) is 0 Å². The van der Waals surface area contributed by atoms with Crippen LogP contribution in [0, 0.1) is 10.5 Å². The third-order valence-corrected chi connectivity index (χ3v) is 3.57. The van der Waals surface area contributed by atoms with E-state index in [4.69, 9.17) is 4.74 Å². The van der Waals surface area contributed by atoms with Crippen LogP contribution in [0.3, 0.4) is 0 Å². The molecule has 0 saturated carbocycles. The third-order valence-electron chi connectivity index (χ3n) is 2.90. The van der Waals surface area contributed by atoms with Gasteiger partial charge >= 0.3 is 6.03 Å². The van der Waals surface area contributed by atoms with Gasteiger partial charge in [-0.2, -0.15) is 0 Å². The zero-order valence-electron chi connectivity index (χ0n) is 11.8. The minimum Gasteiger partial charge on any atom is -0.481 e. The second kappa shape index (κ2) is 7.26. The van der Waals surface area contributed by atoms with Crippen LogP contribution in [0.25, 0.3) is 0 Å². The van der Waals surface area contributed by atoms with Gasteiger partial charge in [0.2, 0.25) is 5.88 Å². The number of methoxy groups -OCH3 is 1. The molecule has 110 valence electrons. The topological polar surface area (TPSA) is 63.2 Å². The third kappa shape index (κ3) is 4.59. The van der Waals surface area contributed by atoms with Crippen LogP contribution in [0.1, 0.15) is 11.1 Å². The maximum Gasteiger partial charge on any atom is 0.319 e. The predicted molar refractivity (Wildman–Crippen MR) is 90.5 cm³/mol. The van der Waals surface area contributed by atoms with Crippen LogP contribution in [0.2, 0.25) is 0 Å². The first-order chi connectivity index (χ1) is 10.1. The number of amides is 2. The van der Waals surface area contributed by atoms with Crippen molar-refractivity contribution in [1.29, 1.82) is 0 Å². The van der Waals surface area contributed by atoms with Crippen molar-refractivity contribution in [2.45, 2.75) is 13.5 Å². The lowest BCUT2D eigenvalue weighted by atomic mass is 10.2. The second-order valence-electron chi connectivity index (χ2n) is 4.47. The van der Waals surface area contributed by atoms with Crippen molar-refractivity contribution in [3.8, 4) is 5.88 Å². The average molecular weight is 397 g/mol. The Bertz CT molecular complexity index is 647. The zero-order chi connectivity index (χ0) is 15.2. The van der Waals surface area contributed by atoms with Gasteiger partial charge in [-0.3, -0.25) is 0 Å². The van der Waals surface area contributed by atoms with Crippen LogP contribution >= 0.6 is 22.6 Å². The lowest BCUT2D eigenvalue weighted by Gasteiger charge is -2.10. The van der Waals surface area contributed by atoms with E-state index >= 15 is 0 Å². The summed E-state index contributed by atoms with van der Waals surface area (Å²) in [6.07, 6.45) is 1.65. The highest BCUT2D eigenvalue weighted by atomic mass is 127. The Morgan fingerprint density at radius 1 is 1.33 bits per heavy atom. The van der Waals surface area contributed by atoms with E-state index in [9.17, 15) is 4.79 Å². The molecule has 21 heavy (non-hydrogen) atoms. The molecule has 1 heterocycles. The Hall–Kier alpha value is -1.83. The molecule has 0 saturated heterocycles. The molecule has 0 aliphatic rings. The molecule has 5 nitrogen and oxygen atoms in total. The number of hydrogen-bond donors (Lipinski definition) is 2. The standard InChI is InChI=1S/C15H16IN3O2/c1-10-7-12(16)3-4-13(10)19-15(20)18-9-11-5-6-17-14(8-11)21-2/h3-8H,9H2,1-2H3,(H2,18,19,20). The van der Waals surface area contributed by atoms with Gasteiger partial charge < -0.3 is 15.4 Å². The van der Waals surface area contributed by atoms with Crippen molar-refractivity contribution in [1.82, 2.24) is 10.3 Å². The Labute approximate surface area is 137 Å². The van der Waals surface area contributed by atoms with Crippen LogP contribution in [0.15, 0.2) is 36.5 Å². The molecule has 1 aromatic heterocycles. The summed E-state index contributed by atoms with van der Waals surface area (Å²) in [4.78, 5) is 15.9. The fourth-order valence-electron chi connectivity index (χ4n) is 1.79. The fourth-order valence-corrected chi connectivity index (χ4v) is 2.44. The number of carbonyl (C=O) groups excluding carboxylic acids is 1. The smallest absolute Gasteiger partial charge is 0.319 e. The number of urea groups is 1. The normalized spacial score (nSPS) is 10.0. The van der Waals surface area contributed by atoms with Crippen LogP contribution in [0.4, 0.5) is 10.5 Å². The van der Waals surface area contributed by atoms with Crippen LogP contribution in [0.5, 0.6) is 5.88 Å². The first-order valence-corrected chi connectivity index (χ1v) is 7.46. The van der Waals surface area contributed by atoms with Gasteiger partial charge in [0.05, 0.1) is 7.11 Å². The number of benzene rings is 1. The number of rotatable bonds is 4. The van der Waals surface area contributed by atoms with Crippen molar-refractivity contribution in [2.24, 2.45) is 0 Å². The molecule has 0 bridgehead atoms. The molecule has 2 amide bonds. The number of nitrogens with zero attached hydrogens (tertiary/aromatic N) is 1. The largest absolute Gasteiger partial charge is 0.481 e. The Balaban J connectivity index is 1.92. The van der Waals surface area contributed by atoms with E-state index < -0.39 is 0 Å². The molecule has 6 heteroatoms. The molecule has 0 atom stereocenters. The highest BCUT2D eigenvalue weighted by molar-refractivity contribution is 14.1. The number of ether oxygens (including phenoxy) is 1. The van der Waals surface area contributed by atoms with E-state index in [1.165, 1.54) is 0 Å². The second-order valence-corrected chi connectivity index (χ2v) is 5.72. The van der Waals surface area contributed by atoms with Crippen molar-refractivity contribution in [3.05, 3.63) is 51.2 Å². The number of halogens is 1. The predicted octanol–water partition coefficient (Wildman–Crippen LogP) is 3.32.